The molecule has 2 aliphatic rings. The molecule has 0 spiro atoms. The molecule has 1 N–H and O–H groups in total. The topological polar surface area (TPSA) is 108 Å². The Hall–Kier alpha value is -3.13. The third-order valence-electron chi connectivity index (χ3n) is 5.10. The number of esters is 3. The highest BCUT2D eigenvalue weighted by atomic mass is 35.5. The molecule has 1 fully saturated rings. The zero-order valence-electron chi connectivity index (χ0n) is 17.3. The Morgan fingerprint density at radius 1 is 1.19 bits per heavy atom. The minimum Gasteiger partial charge on any atom is -0.466 e. The first-order valence-electron chi connectivity index (χ1n) is 9.72. The minimum absolute atomic E-state index is 0.0159. The van der Waals surface area contributed by atoms with Crippen LogP contribution in [0.5, 0.6) is 0 Å². The van der Waals surface area contributed by atoms with Crippen molar-refractivity contribution in [2.75, 3.05) is 26.1 Å². The van der Waals surface area contributed by atoms with Gasteiger partial charge in [0.2, 0.25) is 0 Å². The van der Waals surface area contributed by atoms with Crippen molar-refractivity contribution < 1.29 is 33.4 Å². The molecule has 0 radical (unpaired) electrons. The van der Waals surface area contributed by atoms with Gasteiger partial charge in [-0.25, -0.2) is 14.4 Å². The molecule has 1 atom stereocenters. The number of rotatable bonds is 7. The average Bonchev–Trinajstić information content (AvgIpc) is 3.59. The summed E-state index contributed by atoms with van der Waals surface area (Å²) < 4.78 is 14.3. The molecule has 1 unspecified atom stereocenters. The number of Topliss-reactive ketones (excluding diaryl/α,β-unsaturated/α-hetero) is 1. The summed E-state index contributed by atoms with van der Waals surface area (Å²) in [6.45, 7) is 1.82. The molecule has 2 aliphatic carbocycles. The SMILES string of the molecule is CCOC(=O)C1=CC(C2CC2)c2cc(Cl)c(N/C(=C/C(=O)OC)C(=O)OC)cc2C1=O. The Balaban J connectivity index is 2.04. The van der Waals surface area contributed by atoms with E-state index in [9.17, 15) is 19.2 Å². The van der Waals surface area contributed by atoms with Gasteiger partial charge >= 0.3 is 17.9 Å². The van der Waals surface area contributed by atoms with Crippen molar-refractivity contribution in [1.82, 2.24) is 0 Å². The maximum atomic E-state index is 13.1. The summed E-state index contributed by atoms with van der Waals surface area (Å²) in [5.41, 5.74) is 0.968. The van der Waals surface area contributed by atoms with Gasteiger partial charge in [-0.2, -0.15) is 0 Å². The summed E-state index contributed by atoms with van der Waals surface area (Å²) in [6, 6.07) is 3.11. The van der Waals surface area contributed by atoms with Crippen molar-refractivity contribution in [3.63, 3.8) is 0 Å². The van der Waals surface area contributed by atoms with Crippen LogP contribution in [0.1, 0.15) is 41.6 Å². The lowest BCUT2D eigenvalue weighted by Gasteiger charge is -2.24. The van der Waals surface area contributed by atoms with Gasteiger partial charge in [0.25, 0.3) is 0 Å². The number of ether oxygens (including phenoxy) is 3. The first-order valence-corrected chi connectivity index (χ1v) is 10.1. The van der Waals surface area contributed by atoms with Gasteiger partial charge in [0.05, 0.1) is 37.6 Å². The van der Waals surface area contributed by atoms with Crippen molar-refractivity contribution in [3.8, 4) is 0 Å². The molecule has 0 bridgehead atoms. The van der Waals surface area contributed by atoms with Gasteiger partial charge < -0.3 is 19.5 Å². The predicted octanol–water partition coefficient (Wildman–Crippen LogP) is 3.16. The Kier molecular flexibility index (Phi) is 6.80. The quantitative estimate of drug-likeness (QED) is 0.294. The van der Waals surface area contributed by atoms with Crippen LogP contribution in [0.3, 0.4) is 0 Å². The monoisotopic (exact) mass is 447 g/mol. The summed E-state index contributed by atoms with van der Waals surface area (Å²) in [7, 11) is 2.32. The highest BCUT2D eigenvalue weighted by Gasteiger charge is 2.39. The molecular weight excluding hydrogens is 426 g/mol. The Bertz CT molecular complexity index is 1010. The second-order valence-corrected chi connectivity index (χ2v) is 7.52. The van der Waals surface area contributed by atoms with Crippen LogP contribution < -0.4 is 5.32 Å². The maximum absolute atomic E-state index is 13.1. The lowest BCUT2D eigenvalue weighted by Crippen LogP contribution is -2.24. The second kappa shape index (κ2) is 9.34. The normalized spacial score (nSPS) is 17.9. The average molecular weight is 448 g/mol. The first kappa shape index (κ1) is 22.6. The van der Waals surface area contributed by atoms with Crippen LogP contribution in [-0.4, -0.2) is 44.5 Å². The summed E-state index contributed by atoms with van der Waals surface area (Å²) in [4.78, 5) is 49.1. The van der Waals surface area contributed by atoms with Gasteiger partial charge in [-0.15, -0.1) is 0 Å². The highest BCUT2D eigenvalue weighted by molar-refractivity contribution is 6.34. The maximum Gasteiger partial charge on any atom is 0.354 e. The lowest BCUT2D eigenvalue weighted by molar-refractivity contribution is -0.138. The standard InChI is InChI=1S/C22H22ClNO7/c1-4-31-21(27)15-7-12(11-5-6-11)13-8-16(23)17(9-14(13)20(15)26)24-18(22(28)30-3)10-19(25)29-2/h7-12,24H,4-6H2,1-3H3/b18-10+. The molecule has 0 aromatic heterocycles. The molecule has 9 heteroatoms. The third-order valence-corrected chi connectivity index (χ3v) is 5.41. The van der Waals surface area contributed by atoms with E-state index in [1.54, 1.807) is 19.1 Å². The summed E-state index contributed by atoms with van der Waals surface area (Å²) in [5, 5.41) is 2.97. The van der Waals surface area contributed by atoms with Gasteiger partial charge in [0.15, 0.2) is 5.78 Å². The molecule has 31 heavy (non-hydrogen) atoms. The number of methoxy groups -OCH3 is 2. The van der Waals surface area contributed by atoms with E-state index in [4.69, 9.17) is 16.3 Å². The molecule has 1 saturated carbocycles. The summed E-state index contributed by atoms with van der Waals surface area (Å²) >= 11 is 6.43. The van der Waals surface area contributed by atoms with Crippen LogP contribution in [0.2, 0.25) is 5.02 Å². The van der Waals surface area contributed by atoms with Gasteiger partial charge in [-0.05, 0) is 43.4 Å². The fourth-order valence-electron chi connectivity index (χ4n) is 3.44. The highest BCUT2D eigenvalue weighted by Crippen LogP contribution is 2.48. The summed E-state index contributed by atoms with van der Waals surface area (Å²) in [5.74, 6) is -2.58. The van der Waals surface area contributed by atoms with Crippen LogP contribution >= 0.6 is 11.6 Å². The predicted molar refractivity (Wildman–Crippen MR) is 112 cm³/mol. The number of ketones is 1. The zero-order valence-corrected chi connectivity index (χ0v) is 18.1. The number of halogens is 1. The smallest absolute Gasteiger partial charge is 0.354 e. The molecular formula is C22H22ClNO7. The molecule has 0 heterocycles. The van der Waals surface area contributed by atoms with Crippen LogP contribution in [0.25, 0.3) is 0 Å². The molecule has 0 amide bonds. The lowest BCUT2D eigenvalue weighted by atomic mass is 9.80. The molecule has 1 aromatic rings. The number of carbonyl (C=O) groups is 4. The molecule has 1 aromatic carbocycles. The third kappa shape index (κ3) is 4.80. The largest absolute Gasteiger partial charge is 0.466 e. The van der Waals surface area contributed by atoms with E-state index in [0.717, 1.165) is 26.0 Å². The van der Waals surface area contributed by atoms with Gasteiger partial charge in [-0.1, -0.05) is 17.7 Å². The zero-order chi connectivity index (χ0) is 22.7. The number of fused-ring (bicyclic) bond motifs is 1. The molecule has 164 valence electrons. The van der Waals surface area contributed by atoms with Crippen LogP contribution in [0.15, 0.2) is 35.6 Å². The van der Waals surface area contributed by atoms with Crippen molar-refractivity contribution in [1.29, 1.82) is 0 Å². The molecule has 0 aliphatic heterocycles. The molecule has 3 rings (SSSR count). The fourth-order valence-corrected chi connectivity index (χ4v) is 3.66. The van der Waals surface area contributed by atoms with Gasteiger partial charge in [0, 0.05) is 11.5 Å². The Morgan fingerprint density at radius 2 is 1.90 bits per heavy atom. The van der Waals surface area contributed by atoms with E-state index in [0.29, 0.717) is 11.5 Å². The number of benzene rings is 1. The van der Waals surface area contributed by atoms with Crippen molar-refractivity contribution >= 4 is 41.0 Å². The van der Waals surface area contributed by atoms with Crippen molar-refractivity contribution in [3.05, 3.63) is 51.7 Å². The molecule has 8 nitrogen and oxygen atoms in total. The van der Waals surface area contributed by atoms with Crippen LogP contribution in [-0.2, 0) is 28.6 Å². The van der Waals surface area contributed by atoms with E-state index in [1.807, 2.05) is 0 Å². The van der Waals surface area contributed by atoms with Gasteiger partial charge in [0.1, 0.15) is 11.3 Å². The van der Waals surface area contributed by atoms with E-state index >= 15 is 0 Å². The number of nitrogens with one attached hydrogen (secondary N) is 1. The van der Waals surface area contributed by atoms with Crippen molar-refractivity contribution in [2.24, 2.45) is 5.92 Å². The van der Waals surface area contributed by atoms with E-state index < -0.39 is 23.7 Å². The van der Waals surface area contributed by atoms with E-state index in [-0.39, 0.29) is 40.1 Å². The molecule has 0 saturated heterocycles. The number of hydrogen-bond donors (Lipinski definition) is 1. The number of allylic oxidation sites excluding steroid dienone is 1. The second-order valence-electron chi connectivity index (χ2n) is 7.11. The van der Waals surface area contributed by atoms with E-state index in [2.05, 4.69) is 14.8 Å². The van der Waals surface area contributed by atoms with Crippen molar-refractivity contribution in [2.45, 2.75) is 25.7 Å². The Morgan fingerprint density at radius 3 is 2.48 bits per heavy atom. The van der Waals surface area contributed by atoms with E-state index in [1.165, 1.54) is 13.2 Å². The first-order chi connectivity index (χ1) is 14.8. The number of hydrogen-bond acceptors (Lipinski definition) is 8. The minimum atomic E-state index is -0.825. The number of anilines is 1. The Labute approximate surface area is 184 Å². The van der Waals surface area contributed by atoms with Gasteiger partial charge in [-0.3, -0.25) is 4.79 Å². The summed E-state index contributed by atoms with van der Waals surface area (Å²) in [6.07, 6.45) is 4.55. The number of carbonyl (C=O) groups excluding carboxylic acids is 4. The van der Waals surface area contributed by atoms with Crippen LogP contribution in [0, 0.1) is 5.92 Å². The van der Waals surface area contributed by atoms with Crippen LogP contribution in [0.4, 0.5) is 5.69 Å². The fraction of sp³-hybridized carbons (Fsp3) is 0.364.